The van der Waals surface area contributed by atoms with Crippen molar-refractivity contribution in [1.29, 1.82) is 0 Å². The lowest BCUT2D eigenvalue weighted by atomic mass is 9.94. The van der Waals surface area contributed by atoms with Crippen LogP contribution >= 0.6 is 0 Å². The molecule has 0 bridgehead atoms. The molecule has 3 aromatic rings. The first-order valence-corrected chi connectivity index (χ1v) is 10.1. The molecule has 0 saturated heterocycles. The van der Waals surface area contributed by atoms with E-state index in [1.807, 2.05) is 42.7 Å². The van der Waals surface area contributed by atoms with Gasteiger partial charge in [0.1, 0.15) is 6.61 Å². The summed E-state index contributed by atoms with van der Waals surface area (Å²) in [6.07, 6.45) is 0. The molecule has 1 atom stereocenters. The second kappa shape index (κ2) is 8.69. The average molecular weight is 423 g/mol. The maximum atomic E-state index is 13.1. The van der Waals surface area contributed by atoms with E-state index in [4.69, 9.17) is 14.2 Å². The highest BCUT2D eigenvalue weighted by atomic mass is 16.6. The number of ether oxygens (including phenoxy) is 3. The minimum absolute atomic E-state index is 0.0418. The van der Waals surface area contributed by atoms with Gasteiger partial charge in [-0.2, -0.15) is 0 Å². The molecule has 2 heterocycles. The molecular formula is C23H25N3O5. The van der Waals surface area contributed by atoms with Gasteiger partial charge in [0.15, 0.2) is 11.5 Å². The van der Waals surface area contributed by atoms with Crippen molar-refractivity contribution >= 4 is 23.0 Å². The fourth-order valence-corrected chi connectivity index (χ4v) is 3.81. The van der Waals surface area contributed by atoms with Crippen LogP contribution in [-0.4, -0.2) is 47.6 Å². The van der Waals surface area contributed by atoms with Gasteiger partial charge in [0.2, 0.25) is 5.95 Å². The van der Waals surface area contributed by atoms with Crippen LogP contribution < -0.4 is 10.1 Å². The summed E-state index contributed by atoms with van der Waals surface area (Å²) < 4.78 is 18.0. The van der Waals surface area contributed by atoms with Crippen molar-refractivity contribution in [1.82, 2.24) is 9.55 Å². The number of phenolic OH excluding ortho intramolecular Hbond substituents is 1. The Kier molecular flexibility index (Phi) is 5.81. The summed E-state index contributed by atoms with van der Waals surface area (Å²) in [4.78, 5) is 17.8. The van der Waals surface area contributed by atoms with Gasteiger partial charge in [-0.25, -0.2) is 9.78 Å². The Bertz CT molecular complexity index is 1150. The van der Waals surface area contributed by atoms with Crippen LogP contribution in [0.1, 0.15) is 25.5 Å². The standard InChI is InChI=1S/C23H25N3O5/c1-4-30-19-13-15(9-10-18(19)27)21-20(22(28)31-12-11-29-3)14(2)24-23-25-16-7-5-6-8-17(16)26(21)23/h5-10,13,21,27H,4,11-12H2,1-3H3,(H,24,25)/t21-/m1/s1. The number of anilines is 1. The lowest BCUT2D eigenvalue weighted by Gasteiger charge is -2.30. The summed E-state index contributed by atoms with van der Waals surface area (Å²) >= 11 is 0. The number of aromatic hydroxyl groups is 1. The Balaban J connectivity index is 1.88. The highest BCUT2D eigenvalue weighted by Gasteiger charge is 2.35. The van der Waals surface area contributed by atoms with Gasteiger partial charge in [-0.15, -0.1) is 0 Å². The van der Waals surface area contributed by atoms with E-state index in [9.17, 15) is 9.90 Å². The van der Waals surface area contributed by atoms with E-state index in [-0.39, 0.29) is 12.4 Å². The van der Waals surface area contributed by atoms with Gasteiger partial charge >= 0.3 is 5.97 Å². The SMILES string of the molecule is CCOc1cc([C@@H]2C(C(=O)OCCOC)=C(C)Nc3nc4ccccc4n32)ccc1O. The van der Waals surface area contributed by atoms with Crippen LogP contribution in [0.25, 0.3) is 11.0 Å². The molecule has 31 heavy (non-hydrogen) atoms. The van der Waals surface area contributed by atoms with Crippen molar-refractivity contribution in [2.75, 3.05) is 32.2 Å². The van der Waals surface area contributed by atoms with E-state index in [1.54, 1.807) is 25.3 Å². The van der Waals surface area contributed by atoms with E-state index >= 15 is 0 Å². The van der Waals surface area contributed by atoms with Gasteiger partial charge < -0.3 is 24.6 Å². The minimum atomic E-state index is -0.515. The van der Waals surface area contributed by atoms with Crippen molar-refractivity contribution in [3.63, 3.8) is 0 Å². The van der Waals surface area contributed by atoms with E-state index in [1.165, 1.54) is 0 Å². The molecule has 1 aromatic heterocycles. The topological polar surface area (TPSA) is 94.8 Å². The van der Waals surface area contributed by atoms with Crippen LogP contribution in [0.15, 0.2) is 53.7 Å². The maximum absolute atomic E-state index is 13.1. The third-order valence-electron chi connectivity index (χ3n) is 5.17. The third kappa shape index (κ3) is 3.82. The molecule has 0 radical (unpaired) electrons. The van der Waals surface area contributed by atoms with Gasteiger partial charge in [-0.3, -0.25) is 4.57 Å². The largest absolute Gasteiger partial charge is 0.504 e. The van der Waals surface area contributed by atoms with Crippen LogP contribution in [0.2, 0.25) is 0 Å². The average Bonchev–Trinajstić information content (AvgIpc) is 3.12. The Morgan fingerprint density at radius 3 is 2.81 bits per heavy atom. The highest BCUT2D eigenvalue weighted by Crippen LogP contribution is 2.41. The van der Waals surface area contributed by atoms with Crippen LogP contribution in [-0.2, 0) is 14.3 Å². The number of allylic oxidation sites excluding steroid dienone is 1. The fraction of sp³-hybridized carbons (Fsp3) is 0.304. The molecule has 8 nitrogen and oxygen atoms in total. The number of aromatic nitrogens is 2. The molecule has 0 spiro atoms. The van der Waals surface area contributed by atoms with Gasteiger partial charge in [0.25, 0.3) is 0 Å². The van der Waals surface area contributed by atoms with Gasteiger partial charge in [-0.05, 0) is 43.7 Å². The monoisotopic (exact) mass is 423 g/mol. The maximum Gasteiger partial charge on any atom is 0.338 e. The number of imidazole rings is 1. The highest BCUT2D eigenvalue weighted by molar-refractivity contribution is 5.94. The number of esters is 1. The summed E-state index contributed by atoms with van der Waals surface area (Å²) in [5.41, 5.74) is 3.56. The Labute approximate surface area is 180 Å². The van der Waals surface area contributed by atoms with Crippen LogP contribution in [0.5, 0.6) is 11.5 Å². The zero-order chi connectivity index (χ0) is 22.0. The predicted molar refractivity (Wildman–Crippen MR) is 116 cm³/mol. The molecule has 0 aliphatic carbocycles. The number of carbonyl (C=O) groups is 1. The van der Waals surface area contributed by atoms with Crippen LogP contribution in [0.4, 0.5) is 5.95 Å². The van der Waals surface area contributed by atoms with Gasteiger partial charge in [0, 0.05) is 12.8 Å². The minimum Gasteiger partial charge on any atom is -0.504 e. The van der Waals surface area contributed by atoms with E-state index in [2.05, 4.69) is 10.3 Å². The Hall–Kier alpha value is -3.52. The number of methoxy groups -OCH3 is 1. The lowest BCUT2D eigenvalue weighted by Crippen LogP contribution is -2.29. The molecule has 0 fully saturated rings. The molecule has 2 aromatic carbocycles. The summed E-state index contributed by atoms with van der Waals surface area (Å²) in [5.74, 6) is 0.583. The van der Waals surface area contributed by atoms with Crippen molar-refractivity contribution in [3.05, 3.63) is 59.3 Å². The zero-order valence-corrected chi connectivity index (χ0v) is 17.7. The Morgan fingerprint density at radius 1 is 1.23 bits per heavy atom. The third-order valence-corrected chi connectivity index (χ3v) is 5.17. The molecule has 2 N–H and O–H groups in total. The number of fused-ring (bicyclic) bond motifs is 3. The molecule has 0 saturated carbocycles. The second-order valence-corrected chi connectivity index (χ2v) is 7.15. The number of hydrogen-bond acceptors (Lipinski definition) is 7. The smallest absolute Gasteiger partial charge is 0.338 e. The van der Waals surface area contributed by atoms with Crippen LogP contribution in [0, 0.1) is 0 Å². The number of nitrogens with one attached hydrogen (secondary N) is 1. The first-order chi connectivity index (χ1) is 15.0. The number of benzene rings is 2. The van der Waals surface area contributed by atoms with E-state index in [0.717, 1.165) is 16.6 Å². The molecule has 4 rings (SSSR count). The first kappa shape index (κ1) is 20.7. The summed E-state index contributed by atoms with van der Waals surface area (Å²) in [7, 11) is 1.55. The van der Waals surface area contributed by atoms with Crippen molar-refractivity contribution in [2.24, 2.45) is 0 Å². The molecule has 0 amide bonds. The van der Waals surface area contributed by atoms with Crippen molar-refractivity contribution < 1.29 is 24.1 Å². The van der Waals surface area contributed by atoms with Crippen molar-refractivity contribution in [3.8, 4) is 11.5 Å². The Morgan fingerprint density at radius 2 is 2.03 bits per heavy atom. The van der Waals surface area contributed by atoms with Crippen molar-refractivity contribution in [2.45, 2.75) is 19.9 Å². The van der Waals surface area contributed by atoms with Gasteiger partial charge in [0.05, 0.1) is 35.9 Å². The number of nitrogens with zero attached hydrogens (tertiary/aromatic N) is 2. The second-order valence-electron chi connectivity index (χ2n) is 7.15. The quantitative estimate of drug-likeness (QED) is 0.443. The first-order valence-electron chi connectivity index (χ1n) is 10.1. The lowest BCUT2D eigenvalue weighted by molar-refractivity contribution is -0.140. The number of carbonyl (C=O) groups excluding carboxylic acids is 1. The fourth-order valence-electron chi connectivity index (χ4n) is 3.81. The van der Waals surface area contributed by atoms with E-state index < -0.39 is 12.0 Å². The van der Waals surface area contributed by atoms with Gasteiger partial charge in [-0.1, -0.05) is 18.2 Å². The number of hydrogen-bond donors (Lipinski definition) is 2. The normalized spacial score (nSPS) is 15.5. The molecule has 1 aliphatic heterocycles. The molecule has 162 valence electrons. The summed E-state index contributed by atoms with van der Waals surface area (Å²) in [6.45, 7) is 4.54. The molecule has 0 unspecified atom stereocenters. The molecule has 1 aliphatic rings. The number of rotatable bonds is 7. The summed E-state index contributed by atoms with van der Waals surface area (Å²) in [6, 6.07) is 12.3. The van der Waals surface area contributed by atoms with Crippen LogP contribution in [0.3, 0.4) is 0 Å². The number of phenols is 1. The zero-order valence-electron chi connectivity index (χ0n) is 17.7. The molecule has 8 heteroatoms. The molecular weight excluding hydrogens is 398 g/mol. The number of para-hydroxylation sites is 2. The van der Waals surface area contributed by atoms with E-state index in [0.29, 0.717) is 36.2 Å². The summed E-state index contributed by atoms with van der Waals surface area (Å²) in [5, 5.41) is 13.4. The predicted octanol–water partition coefficient (Wildman–Crippen LogP) is 3.62.